The second kappa shape index (κ2) is 6.94. The van der Waals surface area contributed by atoms with Crippen LogP contribution in [0.5, 0.6) is 0 Å². The lowest BCUT2D eigenvalue weighted by Crippen LogP contribution is -2.42. The first-order chi connectivity index (χ1) is 8.19. The Morgan fingerprint density at radius 2 is 1.39 bits per heavy atom. The van der Waals surface area contributed by atoms with Gasteiger partial charge in [-0.05, 0) is 0 Å². The van der Waals surface area contributed by atoms with Crippen molar-refractivity contribution in [3.63, 3.8) is 0 Å². The van der Waals surface area contributed by atoms with Crippen LogP contribution in [0.4, 0.5) is 0 Å². The van der Waals surface area contributed by atoms with Gasteiger partial charge in [0.15, 0.2) is 9.84 Å². The lowest BCUT2D eigenvalue weighted by molar-refractivity contribution is -0.151. The van der Waals surface area contributed by atoms with E-state index in [4.69, 9.17) is 0 Å². The largest absolute Gasteiger partial charge is 0.468 e. The maximum atomic E-state index is 11.6. The van der Waals surface area contributed by atoms with E-state index in [1.54, 1.807) is 0 Å². The monoisotopic (exact) mass is 281 g/mol. The lowest BCUT2D eigenvalue weighted by atomic mass is 10.4. The molecule has 8 nitrogen and oxygen atoms in total. The Bertz CT molecular complexity index is 410. The van der Waals surface area contributed by atoms with Crippen LogP contribution in [0.1, 0.15) is 0 Å². The summed E-state index contributed by atoms with van der Waals surface area (Å²) in [6.07, 6.45) is 0.874. The molecule has 0 saturated carbocycles. The maximum Gasteiger partial charge on any atom is 0.325 e. The van der Waals surface area contributed by atoms with E-state index in [-0.39, 0.29) is 0 Å². The molecule has 0 aromatic carbocycles. The topological polar surface area (TPSA) is 107 Å². The fourth-order valence-corrected chi connectivity index (χ4v) is 1.62. The smallest absolute Gasteiger partial charge is 0.325 e. The molecule has 0 aliphatic heterocycles. The van der Waals surface area contributed by atoms with Gasteiger partial charge in [0.25, 0.3) is 0 Å². The summed E-state index contributed by atoms with van der Waals surface area (Å²) < 4.78 is 30.6. The summed E-state index contributed by atoms with van der Waals surface area (Å²) >= 11 is 0. The minimum Gasteiger partial charge on any atom is -0.468 e. The van der Waals surface area contributed by atoms with Crippen molar-refractivity contribution < 1.29 is 32.3 Å². The second-order valence-electron chi connectivity index (χ2n) is 3.47. The van der Waals surface area contributed by atoms with Crippen molar-refractivity contribution in [3.05, 3.63) is 0 Å². The number of rotatable bonds is 6. The molecular weight excluding hydrogens is 266 g/mol. The number of hydrogen-bond acceptors (Lipinski definition) is 7. The van der Waals surface area contributed by atoms with Gasteiger partial charge in [-0.3, -0.25) is 14.4 Å². The molecule has 0 bridgehead atoms. The molecule has 0 aromatic rings. The zero-order chi connectivity index (χ0) is 14.3. The number of esters is 2. The molecule has 0 N–H and O–H groups in total. The molecule has 104 valence electrons. The molecular formula is C9H15NO7S. The summed E-state index contributed by atoms with van der Waals surface area (Å²) in [5.41, 5.74) is 0. The van der Waals surface area contributed by atoms with E-state index in [1.807, 2.05) is 0 Å². The molecule has 0 atom stereocenters. The Morgan fingerprint density at radius 3 is 1.67 bits per heavy atom. The van der Waals surface area contributed by atoms with Gasteiger partial charge in [0.2, 0.25) is 5.91 Å². The number of ether oxygens (including phenoxy) is 2. The van der Waals surface area contributed by atoms with E-state index in [9.17, 15) is 22.8 Å². The van der Waals surface area contributed by atoms with Gasteiger partial charge in [-0.25, -0.2) is 8.42 Å². The Hall–Kier alpha value is -1.64. The van der Waals surface area contributed by atoms with Gasteiger partial charge in [0, 0.05) is 6.26 Å². The highest BCUT2D eigenvalue weighted by molar-refractivity contribution is 7.91. The number of carbonyl (C=O) groups is 3. The van der Waals surface area contributed by atoms with Crippen molar-refractivity contribution in [2.24, 2.45) is 0 Å². The summed E-state index contributed by atoms with van der Waals surface area (Å²) in [5, 5.41) is 0. The number of nitrogens with zero attached hydrogens (tertiary/aromatic N) is 1. The Labute approximate surface area is 105 Å². The summed E-state index contributed by atoms with van der Waals surface area (Å²) in [6, 6.07) is 0. The van der Waals surface area contributed by atoms with E-state index < -0.39 is 46.5 Å². The van der Waals surface area contributed by atoms with Crippen molar-refractivity contribution in [2.75, 3.05) is 39.3 Å². The molecule has 0 aromatic heterocycles. The minimum atomic E-state index is -3.55. The summed E-state index contributed by atoms with van der Waals surface area (Å²) in [4.78, 5) is 34.4. The van der Waals surface area contributed by atoms with Crippen molar-refractivity contribution in [3.8, 4) is 0 Å². The highest BCUT2D eigenvalue weighted by Gasteiger charge is 2.23. The first-order valence-corrected chi connectivity index (χ1v) is 6.84. The molecule has 1 amide bonds. The van der Waals surface area contributed by atoms with E-state index >= 15 is 0 Å². The SMILES string of the molecule is COC(=O)CN(CC(=O)OC)C(=O)CS(C)(=O)=O. The van der Waals surface area contributed by atoms with Gasteiger partial charge in [-0.2, -0.15) is 0 Å². The first kappa shape index (κ1) is 16.4. The number of sulfone groups is 1. The van der Waals surface area contributed by atoms with Crippen LogP contribution in [0, 0.1) is 0 Å². The van der Waals surface area contributed by atoms with E-state index in [0.717, 1.165) is 25.4 Å². The molecule has 0 fully saturated rings. The van der Waals surface area contributed by atoms with Crippen LogP contribution in [0.15, 0.2) is 0 Å². The zero-order valence-electron chi connectivity index (χ0n) is 10.3. The summed E-state index contributed by atoms with van der Waals surface area (Å²) in [7, 11) is -1.33. The highest BCUT2D eigenvalue weighted by Crippen LogP contribution is 1.96. The van der Waals surface area contributed by atoms with Crippen molar-refractivity contribution >= 4 is 27.7 Å². The van der Waals surface area contributed by atoms with Crippen LogP contribution in [0.2, 0.25) is 0 Å². The molecule has 0 aliphatic carbocycles. The van der Waals surface area contributed by atoms with E-state index in [2.05, 4.69) is 9.47 Å². The van der Waals surface area contributed by atoms with Gasteiger partial charge >= 0.3 is 11.9 Å². The summed E-state index contributed by atoms with van der Waals surface area (Å²) in [6.45, 7) is -1.03. The normalized spacial score (nSPS) is 10.6. The molecule has 18 heavy (non-hydrogen) atoms. The Balaban J connectivity index is 4.79. The van der Waals surface area contributed by atoms with Crippen LogP contribution in [0.3, 0.4) is 0 Å². The number of amides is 1. The molecule has 9 heteroatoms. The van der Waals surface area contributed by atoms with Gasteiger partial charge in [-0.15, -0.1) is 0 Å². The van der Waals surface area contributed by atoms with Crippen LogP contribution < -0.4 is 0 Å². The van der Waals surface area contributed by atoms with Gasteiger partial charge in [0.05, 0.1) is 14.2 Å². The standard InChI is InChI=1S/C9H15NO7S/c1-16-8(12)4-10(5-9(13)17-2)7(11)6-18(3,14)15/h4-6H2,1-3H3. The molecule has 0 spiro atoms. The van der Waals surface area contributed by atoms with E-state index in [0.29, 0.717) is 0 Å². The number of hydrogen-bond donors (Lipinski definition) is 0. The second-order valence-corrected chi connectivity index (χ2v) is 5.61. The predicted molar refractivity (Wildman–Crippen MR) is 60.3 cm³/mol. The van der Waals surface area contributed by atoms with Gasteiger partial charge in [-0.1, -0.05) is 0 Å². The Kier molecular flexibility index (Phi) is 6.31. The third kappa shape index (κ3) is 6.84. The minimum absolute atomic E-state index is 0.514. The third-order valence-corrected chi connectivity index (χ3v) is 2.60. The first-order valence-electron chi connectivity index (χ1n) is 4.78. The van der Waals surface area contributed by atoms with Crippen molar-refractivity contribution in [1.29, 1.82) is 0 Å². The zero-order valence-corrected chi connectivity index (χ0v) is 11.2. The molecule has 0 rings (SSSR count). The molecule has 0 saturated heterocycles. The average molecular weight is 281 g/mol. The number of methoxy groups -OCH3 is 2. The average Bonchev–Trinajstić information content (AvgIpc) is 2.25. The molecule has 0 heterocycles. The molecule has 0 radical (unpaired) electrons. The number of carbonyl (C=O) groups excluding carboxylic acids is 3. The lowest BCUT2D eigenvalue weighted by Gasteiger charge is -2.19. The van der Waals surface area contributed by atoms with Crippen LogP contribution >= 0.6 is 0 Å². The van der Waals surface area contributed by atoms with Crippen LogP contribution in [0.25, 0.3) is 0 Å². The quantitative estimate of drug-likeness (QED) is 0.529. The van der Waals surface area contributed by atoms with Gasteiger partial charge in [0.1, 0.15) is 18.8 Å². The fourth-order valence-electron chi connectivity index (χ4n) is 0.989. The molecule has 0 unspecified atom stereocenters. The van der Waals surface area contributed by atoms with Crippen LogP contribution in [-0.2, 0) is 33.7 Å². The predicted octanol–water partition coefficient (Wildman–Crippen LogP) is -1.79. The van der Waals surface area contributed by atoms with Gasteiger partial charge < -0.3 is 14.4 Å². The van der Waals surface area contributed by atoms with Crippen LogP contribution in [-0.4, -0.2) is 70.5 Å². The van der Waals surface area contributed by atoms with E-state index in [1.165, 1.54) is 0 Å². The Morgan fingerprint density at radius 1 is 1.00 bits per heavy atom. The highest BCUT2D eigenvalue weighted by atomic mass is 32.2. The summed E-state index contributed by atoms with van der Waals surface area (Å²) in [5.74, 6) is -3.18. The fraction of sp³-hybridized carbons (Fsp3) is 0.667. The maximum absolute atomic E-state index is 11.6. The molecule has 0 aliphatic rings. The van der Waals surface area contributed by atoms with Crippen molar-refractivity contribution in [2.45, 2.75) is 0 Å². The van der Waals surface area contributed by atoms with Crippen molar-refractivity contribution in [1.82, 2.24) is 4.90 Å². The third-order valence-electron chi connectivity index (χ3n) is 1.83.